The molecule has 0 saturated carbocycles. The van der Waals surface area contributed by atoms with E-state index in [0.29, 0.717) is 5.33 Å². The number of aliphatic hydroxyl groups excluding tert-OH is 1. The Kier molecular flexibility index (Phi) is 5.58. The molecule has 17 heavy (non-hydrogen) atoms. The van der Waals surface area contributed by atoms with Crippen LogP contribution in [-0.2, 0) is 15.4 Å². The quantitative estimate of drug-likeness (QED) is 0.780. The van der Waals surface area contributed by atoms with Crippen LogP contribution in [0.25, 0.3) is 0 Å². The van der Waals surface area contributed by atoms with Crippen LogP contribution >= 0.6 is 15.9 Å². The first-order chi connectivity index (χ1) is 7.99. The second-order valence-electron chi connectivity index (χ2n) is 3.92. The Labute approximate surface area is 110 Å². The van der Waals surface area contributed by atoms with Crippen molar-refractivity contribution in [3.63, 3.8) is 0 Å². The summed E-state index contributed by atoms with van der Waals surface area (Å²) in [6.07, 6.45) is 0. The van der Waals surface area contributed by atoms with Gasteiger partial charge in [0, 0.05) is 18.5 Å². The van der Waals surface area contributed by atoms with Crippen molar-refractivity contribution >= 4 is 26.0 Å². The van der Waals surface area contributed by atoms with Crippen molar-refractivity contribution in [2.45, 2.75) is 17.1 Å². The van der Waals surface area contributed by atoms with Crippen LogP contribution in [0.3, 0.4) is 0 Å². The smallest absolute Gasteiger partial charge is 0.240 e. The Balaban J connectivity index is 2.75. The summed E-state index contributed by atoms with van der Waals surface area (Å²) >= 11 is 3.30. The summed E-state index contributed by atoms with van der Waals surface area (Å²) in [7, 11) is -3.47. The average Bonchev–Trinajstić information content (AvgIpc) is 2.36. The minimum Gasteiger partial charge on any atom is -0.396 e. The van der Waals surface area contributed by atoms with Crippen molar-refractivity contribution in [1.82, 2.24) is 4.72 Å². The van der Waals surface area contributed by atoms with Gasteiger partial charge in [-0.3, -0.25) is 0 Å². The highest BCUT2D eigenvalue weighted by Gasteiger charge is 2.14. The van der Waals surface area contributed by atoms with Crippen molar-refractivity contribution in [2.75, 3.05) is 13.2 Å². The third-order valence-corrected chi connectivity index (χ3v) is 4.41. The summed E-state index contributed by atoms with van der Waals surface area (Å²) in [5.74, 6) is -0.0911. The van der Waals surface area contributed by atoms with Crippen molar-refractivity contribution in [3.8, 4) is 0 Å². The average molecular weight is 322 g/mol. The molecule has 0 fully saturated rings. The van der Waals surface area contributed by atoms with Gasteiger partial charge in [-0.05, 0) is 23.6 Å². The molecule has 1 aromatic carbocycles. The number of halogens is 1. The highest BCUT2D eigenvalue weighted by atomic mass is 79.9. The molecule has 0 aromatic heterocycles. The maximum Gasteiger partial charge on any atom is 0.240 e. The van der Waals surface area contributed by atoms with Gasteiger partial charge >= 0.3 is 0 Å². The number of benzene rings is 1. The van der Waals surface area contributed by atoms with Crippen molar-refractivity contribution in [3.05, 3.63) is 29.8 Å². The topological polar surface area (TPSA) is 66.4 Å². The minimum atomic E-state index is -3.47. The third kappa shape index (κ3) is 4.39. The molecular weight excluding hydrogens is 306 g/mol. The molecule has 1 rings (SSSR count). The number of alkyl halides is 1. The molecular formula is C11H16BrNO3S. The van der Waals surface area contributed by atoms with Crippen molar-refractivity contribution in [2.24, 2.45) is 5.92 Å². The lowest BCUT2D eigenvalue weighted by molar-refractivity contribution is 0.238. The zero-order valence-electron chi connectivity index (χ0n) is 9.56. The van der Waals surface area contributed by atoms with Crippen molar-refractivity contribution < 1.29 is 13.5 Å². The van der Waals surface area contributed by atoms with Crippen LogP contribution in [0, 0.1) is 5.92 Å². The first kappa shape index (κ1) is 14.6. The van der Waals surface area contributed by atoms with Gasteiger partial charge < -0.3 is 5.11 Å². The van der Waals surface area contributed by atoms with Crippen LogP contribution in [0.1, 0.15) is 12.5 Å². The molecule has 6 heteroatoms. The fourth-order valence-electron chi connectivity index (χ4n) is 1.16. The van der Waals surface area contributed by atoms with Gasteiger partial charge in [0.2, 0.25) is 10.0 Å². The van der Waals surface area contributed by atoms with Gasteiger partial charge in [0.1, 0.15) is 0 Å². The van der Waals surface area contributed by atoms with E-state index < -0.39 is 10.0 Å². The Hall–Kier alpha value is -0.430. The molecule has 0 aliphatic heterocycles. The second-order valence-corrected chi connectivity index (χ2v) is 6.24. The van der Waals surface area contributed by atoms with Gasteiger partial charge in [0.25, 0.3) is 0 Å². The van der Waals surface area contributed by atoms with Gasteiger partial charge in [-0.15, -0.1) is 0 Å². The lowest BCUT2D eigenvalue weighted by atomic mass is 10.2. The lowest BCUT2D eigenvalue weighted by Crippen LogP contribution is -2.29. The number of rotatable bonds is 6. The molecule has 4 nitrogen and oxygen atoms in total. The highest BCUT2D eigenvalue weighted by molar-refractivity contribution is 9.08. The van der Waals surface area contributed by atoms with Gasteiger partial charge in [0.05, 0.1) is 4.90 Å². The van der Waals surface area contributed by atoms with E-state index in [4.69, 9.17) is 5.11 Å². The van der Waals surface area contributed by atoms with Gasteiger partial charge in [0.15, 0.2) is 0 Å². The summed E-state index contributed by atoms with van der Waals surface area (Å²) < 4.78 is 26.2. The normalized spacial score (nSPS) is 13.6. The molecule has 1 atom stereocenters. The molecule has 0 aliphatic rings. The number of sulfonamides is 1. The molecule has 0 amide bonds. The Bertz CT molecular complexity index is 444. The maximum absolute atomic E-state index is 11.8. The Morgan fingerprint density at radius 3 is 2.41 bits per heavy atom. The van der Waals surface area contributed by atoms with Crippen molar-refractivity contribution in [1.29, 1.82) is 0 Å². The first-order valence-corrected chi connectivity index (χ1v) is 7.85. The molecule has 1 aromatic rings. The number of hydrogen-bond acceptors (Lipinski definition) is 3. The largest absolute Gasteiger partial charge is 0.396 e. The van der Waals surface area contributed by atoms with Crippen LogP contribution in [0.2, 0.25) is 0 Å². The summed E-state index contributed by atoms with van der Waals surface area (Å²) in [6, 6.07) is 6.67. The molecule has 1 unspecified atom stereocenters. The van der Waals surface area contributed by atoms with E-state index in [1.54, 1.807) is 31.2 Å². The third-order valence-electron chi connectivity index (χ3n) is 2.32. The van der Waals surface area contributed by atoms with E-state index in [2.05, 4.69) is 20.7 Å². The molecule has 2 N–H and O–H groups in total. The predicted octanol–water partition coefficient (Wildman–Crippen LogP) is 1.49. The molecule has 96 valence electrons. The fourth-order valence-corrected chi connectivity index (χ4v) is 2.70. The second kappa shape index (κ2) is 6.49. The van der Waals surface area contributed by atoms with E-state index in [1.807, 2.05) is 0 Å². The van der Waals surface area contributed by atoms with Gasteiger partial charge in [-0.25, -0.2) is 13.1 Å². The summed E-state index contributed by atoms with van der Waals surface area (Å²) in [5.41, 5.74) is 1.02. The van der Waals surface area contributed by atoms with E-state index in [1.165, 1.54) is 0 Å². The highest BCUT2D eigenvalue weighted by Crippen LogP contribution is 2.12. The number of nitrogens with one attached hydrogen (secondary N) is 1. The number of hydrogen-bond donors (Lipinski definition) is 2. The summed E-state index contributed by atoms with van der Waals surface area (Å²) in [6.45, 7) is 1.97. The Morgan fingerprint density at radius 1 is 1.35 bits per heavy atom. The molecule has 0 saturated heterocycles. The van der Waals surface area contributed by atoms with Crippen LogP contribution in [0.15, 0.2) is 29.2 Å². The Morgan fingerprint density at radius 2 is 1.94 bits per heavy atom. The zero-order valence-corrected chi connectivity index (χ0v) is 12.0. The van der Waals surface area contributed by atoms with Crippen LogP contribution in [0.4, 0.5) is 0 Å². The van der Waals surface area contributed by atoms with E-state index >= 15 is 0 Å². The molecule has 0 aliphatic carbocycles. The molecule has 0 radical (unpaired) electrons. The monoisotopic (exact) mass is 321 g/mol. The van der Waals surface area contributed by atoms with Gasteiger partial charge in [-0.2, -0.15) is 0 Å². The summed E-state index contributed by atoms with van der Waals surface area (Å²) in [4.78, 5) is 0.243. The van der Waals surface area contributed by atoms with E-state index in [9.17, 15) is 8.42 Å². The minimum absolute atomic E-state index is 0.0367. The number of aliphatic hydroxyl groups is 1. The standard InChI is InChI=1S/C11H16BrNO3S/c1-9(8-14)7-13-17(15,16)11-4-2-10(6-12)3-5-11/h2-5,9,13-14H,6-8H2,1H3. The lowest BCUT2D eigenvalue weighted by Gasteiger charge is -2.10. The van der Waals surface area contributed by atoms with E-state index in [0.717, 1.165) is 5.56 Å². The molecule has 0 bridgehead atoms. The predicted molar refractivity (Wildman–Crippen MR) is 70.5 cm³/mol. The van der Waals surface area contributed by atoms with Crippen LogP contribution in [-0.4, -0.2) is 26.7 Å². The SMILES string of the molecule is CC(CO)CNS(=O)(=O)c1ccc(CBr)cc1. The summed E-state index contributed by atoms with van der Waals surface area (Å²) in [5, 5.41) is 9.53. The fraction of sp³-hybridized carbons (Fsp3) is 0.455. The van der Waals surface area contributed by atoms with Gasteiger partial charge in [-0.1, -0.05) is 35.0 Å². The van der Waals surface area contributed by atoms with E-state index in [-0.39, 0.29) is 24.0 Å². The van der Waals surface area contributed by atoms with Crippen LogP contribution in [0.5, 0.6) is 0 Å². The molecule has 0 heterocycles. The zero-order chi connectivity index (χ0) is 12.9. The first-order valence-electron chi connectivity index (χ1n) is 5.25. The van der Waals surface area contributed by atoms with Crippen LogP contribution < -0.4 is 4.72 Å². The molecule has 0 spiro atoms. The maximum atomic E-state index is 11.8.